The van der Waals surface area contributed by atoms with E-state index in [0.29, 0.717) is 0 Å². The third-order valence-corrected chi connectivity index (χ3v) is 5.07. The molecule has 0 spiro atoms. The van der Waals surface area contributed by atoms with Crippen molar-refractivity contribution in [3.8, 4) is 0 Å². The molecule has 21 heavy (non-hydrogen) atoms. The third-order valence-electron chi connectivity index (χ3n) is 2.62. The van der Waals surface area contributed by atoms with Crippen LogP contribution in [0.3, 0.4) is 0 Å². The summed E-state index contributed by atoms with van der Waals surface area (Å²) in [6.07, 6.45) is 0.912. The van der Waals surface area contributed by atoms with Gasteiger partial charge in [-0.05, 0) is 35.0 Å². The quantitative estimate of drug-likeness (QED) is 0.373. The van der Waals surface area contributed by atoms with Crippen molar-refractivity contribution in [2.45, 2.75) is 19.9 Å². The Morgan fingerprint density at radius 2 is 2.19 bits per heavy atom. The van der Waals surface area contributed by atoms with E-state index in [1.54, 1.807) is 29.7 Å². The van der Waals surface area contributed by atoms with Crippen LogP contribution in [0.25, 0.3) is 0 Å². The first-order valence-corrected chi connectivity index (χ1v) is 8.76. The first kappa shape index (κ1) is 18.9. The number of aromatic nitrogens is 1. The molecular weight excluding hydrogens is 483 g/mol. The van der Waals surface area contributed by atoms with Gasteiger partial charge in [-0.2, -0.15) is 0 Å². The number of nitrogens with one attached hydrogen (secondary N) is 2. The zero-order valence-electron chi connectivity index (χ0n) is 11.9. The molecule has 0 aliphatic heterocycles. The molecule has 2 N–H and O–H groups in total. The Hall–Kier alpha value is -0.190. The van der Waals surface area contributed by atoms with Gasteiger partial charge in [-0.25, -0.2) is 4.98 Å². The van der Waals surface area contributed by atoms with Gasteiger partial charge in [-0.1, -0.05) is 0 Å². The van der Waals surface area contributed by atoms with E-state index in [-0.39, 0.29) is 24.0 Å². The van der Waals surface area contributed by atoms with Crippen LogP contribution in [0.1, 0.15) is 15.6 Å². The molecule has 0 atom stereocenters. The van der Waals surface area contributed by atoms with Gasteiger partial charge >= 0.3 is 0 Å². The van der Waals surface area contributed by atoms with Crippen LogP contribution >= 0.6 is 62.6 Å². The lowest BCUT2D eigenvalue weighted by atomic mass is 10.3. The Labute approximate surface area is 158 Å². The second kappa shape index (κ2) is 9.75. The maximum Gasteiger partial charge on any atom is 0.191 e. The molecule has 2 heterocycles. The molecule has 0 bridgehead atoms. The van der Waals surface area contributed by atoms with Crippen molar-refractivity contribution in [1.29, 1.82) is 0 Å². The standard InChI is InChI=1S/C13H17BrN4S2.HI/c1-9-18-10(8-19-9)5-6-16-13(15-2)17-7-11-3-4-12(14)20-11;/h3-4,8H,5-7H2,1-2H3,(H2,15,16,17);1H. The van der Waals surface area contributed by atoms with Crippen LogP contribution in [0, 0.1) is 6.92 Å². The number of thiazole rings is 1. The lowest BCUT2D eigenvalue weighted by molar-refractivity contribution is 0.790. The van der Waals surface area contributed by atoms with Crippen molar-refractivity contribution in [2.75, 3.05) is 13.6 Å². The largest absolute Gasteiger partial charge is 0.356 e. The normalized spacial score (nSPS) is 11.1. The van der Waals surface area contributed by atoms with E-state index in [9.17, 15) is 0 Å². The molecule has 0 radical (unpaired) electrons. The maximum atomic E-state index is 4.44. The molecule has 0 aliphatic rings. The average molecular weight is 501 g/mol. The number of halogens is 2. The fourth-order valence-corrected chi connectivity index (χ4v) is 3.74. The summed E-state index contributed by atoms with van der Waals surface area (Å²) in [5.41, 5.74) is 1.14. The van der Waals surface area contributed by atoms with Crippen LogP contribution in [0.15, 0.2) is 26.3 Å². The summed E-state index contributed by atoms with van der Waals surface area (Å²) in [7, 11) is 1.78. The molecule has 2 aromatic rings. The Morgan fingerprint density at radius 1 is 1.38 bits per heavy atom. The summed E-state index contributed by atoms with van der Waals surface area (Å²) in [5, 5.41) is 9.83. The molecule has 116 valence electrons. The fraction of sp³-hybridized carbons (Fsp3) is 0.385. The van der Waals surface area contributed by atoms with Crippen LogP contribution in [0.4, 0.5) is 0 Å². The number of nitrogens with zero attached hydrogens (tertiary/aromatic N) is 2. The highest BCUT2D eigenvalue weighted by atomic mass is 127. The highest BCUT2D eigenvalue weighted by molar-refractivity contribution is 14.0. The topological polar surface area (TPSA) is 49.3 Å². The first-order valence-electron chi connectivity index (χ1n) is 6.27. The minimum absolute atomic E-state index is 0. The van der Waals surface area contributed by atoms with E-state index in [1.807, 2.05) is 6.92 Å². The summed E-state index contributed by atoms with van der Waals surface area (Å²) < 4.78 is 1.15. The van der Waals surface area contributed by atoms with Gasteiger partial charge in [0.05, 0.1) is 21.0 Å². The summed E-state index contributed by atoms with van der Waals surface area (Å²) in [6, 6.07) is 4.16. The van der Waals surface area contributed by atoms with Crippen molar-refractivity contribution < 1.29 is 0 Å². The Kier molecular flexibility index (Phi) is 8.76. The number of aliphatic imine (C=N–C) groups is 1. The van der Waals surface area contributed by atoms with E-state index < -0.39 is 0 Å². The number of guanidine groups is 1. The number of hydrogen-bond acceptors (Lipinski definition) is 4. The monoisotopic (exact) mass is 500 g/mol. The molecular formula is C13H18BrIN4S2. The fourth-order valence-electron chi connectivity index (χ4n) is 1.67. The molecule has 0 amide bonds. The molecule has 2 rings (SSSR count). The van der Waals surface area contributed by atoms with Gasteiger partial charge in [0.2, 0.25) is 0 Å². The van der Waals surface area contributed by atoms with Crippen LogP contribution < -0.4 is 10.6 Å². The van der Waals surface area contributed by atoms with Crippen molar-refractivity contribution in [2.24, 2.45) is 4.99 Å². The van der Waals surface area contributed by atoms with Gasteiger partial charge in [0.25, 0.3) is 0 Å². The van der Waals surface area contributed by atoms with Crippen LogP contribution in [-0.4, -0.2) is 24.5 Å². The summed E-state index contributed by atoms with van der Waals surface area (Å²) in [4.78, 5) is 9.93. The average Bonchev–Trinajstić information content (AvgIpc) is 3.02. The molecule has 0 fully saturated rings. The number of hydrogen-bond donors (Lipinski definition) is 2. The lowest BCUT2D eigenvalue weighted by Crippen LogP contribution is -2.37. The van der Waals surface area contributed by atoms with Gasteiger partial charge in [0.1, 0.15) is 0 Å². The highest BCUT2D eigenvalue weighted by Gasteiger charge is 2.02. The van der Waals surface area contributed by atoms with E-state index in [4.69, 9.17) is 0 Å². The van der Waals surface area contributed by atoms with Crippen LogP contribution in [-0.2, 0) is 13.0 Å². The summed E-state index contributed by atoms with van der Waals surface area (Å²) >= 11 is 6.88. The third kappa shape index (κ3) is 6.62. The van der Waals surface area contributed by atoms with Crippen LogP contribution in [0.5, 0.6) is 0 Å². The van der Waals surface area contributed by atoms with E-state index in [0.717, 1.165) is 40.0 Å². The van der Waals surface area contributed by atoms with E-state index in [1.165, 1.54) is 4.88 Å². The minimum atomic E-state index is 0. The zero-order valence-corrected chi connectivity index (χ0v) is 17.4. The number of aryl methyl sites for hydroxylation is 1. The second-order valence-electron chi connectivity index (χ2n) is 4.17. The van der Waals surface area contributed by atoms with E-state index >= 15 is 0 Å². The SMILES string of the molecule is CN=C(NCCc1csc(C)n1)NCc1ccc(Br)s1.I. The predicted molar refractivity (Wildman–Crippen MR) is 106 cm³/mol. The van der Waals surface area contributed by atoms with Crippen molar-refractivity contribution >= 4 is 68.5 Å². The Morgan fingerprint density at radius 3 is 2.76 bits per heavy atom. The van der Waals surface area contributed by atoms with Gasteiger partial charge in [-0.15, -0.1) is 46.7 Å². The Balaban J connectivity index is 0.00000220. The van der Waals surface area contributed by atoms with Crippen molar-refractivity contribution in [1.82, 2.24) is 15.6 Å². The van der Waals surface area contributed by atoms with Gasteiger partial charge in [-0.3, -0.25) is 4.99 Å². The van der Waals surface area contributed by atoms with Crippen molar-refractivity contribution in [3.63, 3.8) is 0 Å². The lowest BCUT2D eigenvalue weighted by Gasteiger charge is -2.10. The molecule has 0 saturated heterocycles. The molecule has 4 nitrogen and oxygen atoms in total. The summed E-state index contributed by atoms with van der Waals surface area (Å²) in [6.45, 7) is 3.64. The van der Waals surface area contributed by atoms with E-state index in [2.05, 4.69) is 54.1 Å². The molecule has 8 heteroatoms. The molecule has 0 aliphatic carbocycles. The van der Waals surface area contributed by atoms with Crippen LogP contribution in [0.2, 0.25) is 0 Å². The Bertz CT molecular complexity index is 582. The first-order chi connectivity index (χ1) is 9.67. The molecule has 2 aromatic heterocycles. The summed E-state index contributed by atoms with van der Waals surface area (Å²) in [5.74, 6) is 0.821. The molecule has 0 saturated carbocycles. The molecule has 0 unspecified atom stereocenters. The zero-order chi connectivity index (χ0) is 14.4. The highest BCUT2D eigenvalue weighted by Crippen LogP contribution is 2.21. The van der Waals surface area contributed by atoms with Gasteiger partial charge in [0.15, 0.2) is 5.96 Å². The molecule has 0 aromatic carbocycles. The number of thiophene rings is 1. The van der Waals surface area contributed by atoms with Crippen molar-refractivity contribution in [3.05, 3.63) is 36.9 Å². The van der Waals surface area contributed by atoms with Gasteiger partial charge < -0.3 is 10.6 Å². The second-order valence-corrected chi connectivity index (χ2v) is 7.78. The maximum absolute atomic E-state index is 4.44. The predicted octanol–water partition coefficient (Wildman–Crippen LogP) is 3.80. The smallest absolute Gasteiger partial charge is 0.191 e. The van der Waals surface area contributed by atoms with Gasteiger partial charge in [0, 0.05) is 30.3 Å². The number of rotatable bonds is 5. The minimum Gasteiger partial charge on any atom is -0.356 e.